The molecule has 9 aromatic rings. The first-order valence-corrected chi connectivity index (χ1v) is 21.3. The van der Waals surface area contributed by atoms with Crippen LogP contribution in [0.4, 0.5) is 0 Å². The maximum absolute atomic E-state index is 13.9. The van der Waals surface area contributed by atoms with Gasteiger partial charge in [-0.2, -0.15) is 0 Å². The van der Waals surface area contributed by atoms with Crippen LogP contribution in [-0.4, -0.2) is 11.6 Å². The number of ether oxygens (including phenoxy) is 1. The topological polar surface area (TPSA) is 43.4 Å². The molecule has 62 heavy (non-hydrogen) atoms. The molecule has 0 spiro atoms. The SMILES string of the molecule is Cc1cc(C)c(-c2c(C)cc(C)c3cc4ccccc4cc23)c2c1Cc1ccccc1C2=O.O=C1c2ccccc2C(=c2cccc3c2=Cc2ccccc2O3)c2ccccc21. The highest BCUT2D eigenvalue weighted by atomic mass is 16.5. The molecule has 0 saturated heterocycles. The lowest BCUT2D eigenvalue weighted by atomic mass is 9.76. The molecule has 0 N–H and O–H groups in total. The minimum atomic E-state index is 0.0790. The fourth-order valence-electron chi connectivity index (χ4n) is 10.2. The molecule has 0 saturated carbocycles. The molecule has 9 aromatic carbocycles. The van der Waals surface area contributed by atoms with E-state index in [0.717, 1.165) is 84.0 Å². The van der Waals surface area contributed by atoms with E-state index in [-0.39, 0.29) is 11.6 Å². The van der Waals surface area contributed by atoms with Gasteiger partial charge in [-0.1, -0.05) is 140 Å². The Morgan fingerprint density at radius 2 is 1.00 bits per heavy atom. The molecule has 296 valence electrons. The van der Waals surface area contributed by atoms with Crippen molar-refractivity contribution < 1.29 is 14.3 Å². The molecular weight excluding hydrogens is 757 g/mol. The molecule has 12 rings (SSSR count). The zero-order valence-electron chi connectivity index (χ0n) is 35.1. The molecule has 1 aliphatic heterocycles. The second-order valence-corrected chi connectivity index (χ2v) is 16.8. The summed E-state index contributed by atoms with van der Waals surface area (Å²) in [5.41, 5.74) is 16.8. The maximum atomic E-state index is 13.9. The summed E-state index contributed by atoms with van der Waals surface area (Å²) in [6.07, 6.45) is 2.99. The van der Waals surface area contributed by atoms with E-state index in [4.69, 9.17) is 4.74 Å². The summed E-state index contributed by atoms with van der Waals surface area (Å²) in [5, 5.41) is 7.07. The number of ketones is 2. The second kappa shape index (κ2) is 14.5. The zero-order valence-corrected chi connectivity index (χ0v) is 35.1. The van der Waals surface area contributed by atoms with Gasteiger partial charge in [-0.3, -0.25) is 9.59 Å². The lowest BCUT2D eigenvalue weighted by Crippen LogP contribution is -2.32. The van der Waals surface area contributed by atoms with Gasteiger partial charge in [-0.15, -0.1) is 0 Å². The third kappa shape index (κ3) is 5.88. The van der Waals surface area contributed by atoms with E-state index < -0.39 is 0 Å². The van der Waals surface area contributed by atoms with Crippen molar-refractivity contribution in [3.05, 3.63) is 247 Å². The van der Waals surface area contributed by atoms with E-state index in [1.807, 2.05) is 97.1 Å². The molecular formula is C59H42O3. The summed E-state index contributed by atoms with van der Waals surface area (Å²) in [6, 6.07) is 55.7. The largest absolute Gasteiger partial charge is 0.456 e. The van der Waals surface area contributed by atoms with Crippen LogP contribution < -0.4 is 15.2 Å². The van der Waals surface area contributed by atoms with Gasteiger partial charge in [0.1, 0.15) is 11.5 Å². The van der Waals surface area contributed by atoms with E-state index in [1.54, 1.807) is 0 Å². The number of carbonyl (C=O) groups excluding carboxylic acids is 2. The van der Waals surface area contributed by atoms with Gasteiger partial charge < -0.3 is 4.74 Å². The predicted molar refractivity (Wildman–Crippen MR) is 252 cm³/mol. The van der Waals surface area contributed by atoms with Crippen LogP contribution in [0.3, 0.4) is 0 Å². The fourth-order valence-corrected chi connectivity index (χ4v) is 10.2. The summed E-state index contributed by atoms with van der Waals surface area (Å²) < 4.78 is 6.19. The highest BCUT2D eigenvalue weighted by molar-refractivity contribution is 6.20. The first kappa shape index (κ1) is 37.4. The van der Waals surface area contributed by atoms with Crippen molar-refractivity contribution in [2.45, 2.75) is 34.1 Å². The van der Waals surface area contributed by atoms with Crippen LogP contribution in [-0.2, 0) is 6.42 Å². The van der Waals surface area contributed by atoms with Gasteiger partial charge >= 0.3 is 0 Å². The van der Waals surface area contributed by atoms with Crippen molar-refractivity contribution in [2.24, 2.45) is 0 Å². The number of hydrogen-bond acceptors (Lipinski definition) is 3. The molecule has 3 aliphatic rings. The normalized spacial score (nSPS) is 13.1. The Balaban J connectivity index is 0.000000140. The highest BCUT2D eigenvalue weighted by Crippen LogP contribution is 2.44. The Labute approximate surface area is 360 Å². The lowest BCUT2D eigenvalue weighted by molar-refractivity contribution is 0.102. The fraction of sp³-hybridized carbons (Fsp3) is 0.0847. The lowest BCUT2D eigenvalue weighted by Gasteiger charge is -2.26. The van der Waals surface area contributed by atoms with Gasteiger partial charge in [-0.25, -0.2) is 0 Å². The number of hydrogen-bond donors (Lipinski definition) is 0. The van der Waals surface area contributed by atoms with E-state index in [1.165, 1.54) is 54.9 Å². The van der Waals surface area contributed by atoms with Crippen molar-refractivity contribution in [1.82, 2.24) is 0 Å². The number of carbonyl (C=O) groups is 2. The minimum Gasteiger partial charge on any atom is -0.456 e. The number of rotatable bonds is 1. The van der Waals surface area contributed by atoms with Gasteiger partial charge in [0.05, 0.1) is 0 Å². The summed E-state index contributed by atoms with van der Waals surface area (Å²) in [6.45, 7) is 8.67. The summed E-state index contributed by atoms with van der Waals surface area (Å²) >= 11 is 0. The van der Waals surface area contributed by atoms with E-state index in [9.17, 15) is 9.59 Å². The van der Waals surface area contributed by atoms with Gasteiger partial charge in [0.2, 0.25) is 0 Å². The molecule has 0 unspecified atom stereocenters. The van der Waals surface area contributed by atoms with Gasteiger partial charge in [0.25, 0.3) is 0 Å². The van der Waals surface area contributed by atoms with Crippen molar-refractivity contribution in [3.8, 4) is 22.6 Å². The zero-order chi connectivity index (χ0) is 42.2. The molecule has 3 nitrogen and oxygen atoms in total. The first-order valence-electron chi connectivity index (χ1n) is 21.3. The second-order valence-electron chi connectivity index (χ2n) is 16.8. The Morgan fingerprint density at radius 1 is 0.435 bits per heavy atom. The molecule has 3 heteroatoms. The summed E-state index contributed by atoms with van der Waals surface area (Å²) in [5.74, 6) is 1.93. The summed E-state index contributed by atoms with van der Waals surface area (Å²) in [7, 11) is 0. The first-order chi connectivity index (χ1) is 30.2. The molecule has 0 amide bonds. The van der Waals surface area contributed by atoms with Gasteiger partial charge in [0.15, 0.2) is 11.6 Å². The maximum Gasteiger partial charge on any atom is 0.194 e. The number of aryl methyl sites for hydroxylation is 4. The van der Waals surface area contributed by atoms with Crippen molar-refractivity contribution in [1.29, 1.82) is 0 Å². The molecule has 0 atom stereocenters. The van der Waals surface area contributed by atoms with Gasteiger partial charge in [0, 0.05) is 33.0 Å². The minimum absolute atomic E-state index is 0.0790. The number of para-hydroxylation sites is 1. The Bertz CT molecular complexity index is 3500. The van der Waals surface area contributed by atoms with Crippen molar-refractivity contribution >= 4 is 44.8 Å². The van der Waals surface area contributed by atoms with Crippen LogP contribution in [0.5, 0.6) is 11.5 Å². The Hall–Kier alpha value is -7.62. The molecule has 0 aromatic heterocycles. The molecule has 0 radical (unpaired) electrons. The van der Waals surface area contributed by atoms with Crippen LogP contribution in [0.25, 0.3) is 44.3 Å². The predicted octanol–water partition coefficient (Wildman–Crippen LogP) is 12.4. The van der Waals surface area contributed by atoms with Crippen LogP contribution >= 0.6 is 0 Å². The molecule has 0 fully saturated rings. The molecule has 1 heterocycles. The monoisotopic (exact) mass is 798 g/mol. The Kier molecular flexibility index (Phi) is 8.76. The number of benzene rings is 9. The van der Waals surface area contributed by atoms with Crippen LogP contribution in [0.15, 0.2) is 164 Å². The van der Waals surface area contributed by atoms with Crippen LogP contribution in [0.1, 0.15) is 81.9 Å². The Morgan fingerprint density at radius 3 is 1.73 bits per heavy atom. The smallest absolute Gasteiger partial charge is 0.194 e. The standard InChI is InChI=1S/C32H26O.C27H16O2/c1-18-13-20(3)29(28-16-23-10-6-5-9-22(23)15-26(18)28)30-21(4)14-19(2)27-17-24-11-7-8-12-25(24)32(33)31(27)30;28-27-21-11-4-2-9-18(21)26(19-10-3-5-12-22(19)27)20-13-7-15-25-23(20)16-17-8-1-6-14-24(17)29-25/h5-16H,17H2,1-4H3;1-16H. The third-order valence-electron chi connectivity index (χ3n) is 13.0. The molecule has 2 aliphatic carbocycles. The van der Waals surface area contributed by atoms with Crippen LogP contribution in [0, 0.1) is 27.7 Å². The average Bonchev–Trinajstić information content (AvgIpc) is 3.29. The van der Waals surface area contributed by atoms with Crippen molar-refractivity contribution in [2.75, 3.05) is 0 Å². The molecule has 0 bridgehead atoms. The highest BCUT2D eigenvalue weighted by Gasteiger charge is 2.31. The third-order valence-corrected chi connectivity index (χ3v) is 13.0. The summed E-state index contributed by atoms with van der Waals surface area (Å²) in [4.78, 5) is 27.0. The van der Waals surface area contributed by atoms with E-state index >= 15 is 0 Å². The van der Waals surface area contributed by atoms with E-state index in [0.29, 0.717) is 0 Å². The average molecular weight is 799 g/mol. The van der Waals surface area contributed by atoms with E-state index in [2.05, 4.69) is 101 Å². The number of fused-ring (bicyclic) bond motifs is 8. The van der Waals surface area contributed by atoms with Crippen LogP contribution in [0.2, 0.25) is 0 Å². The quantitative estimate of drug-likeness (QED) is 0.155. The van der Waals surface area contributed by atoms with Crippen molar-refractivity contribution in [3.63, 3.8) is 0 Å². The van der Waals surface area contributed by atoms with Gasteiger partial charge in [-0.05, 0) is 152 Å².